The number of hydrogen-bond acceptors (Lipinski definition) is 2. The molecule has 0 aliphatic carbocycles. The maximum absolute atomic E-state index is 12.0. The van der Waals surface area contributed by atoms with Crippen molar-refractivity contribution in [2.75, 3.05) is 13.1 Å². The predicted molar refractivity (Wildman–Crippen MR) is 68.6 cm³/mol. The van der Waals surface area contributed by atoms with E-state index in [1.807, 2.05) is 23.1 Å². The zero-order valence-corrected chi connectivity index (χ0v) is 10.3. The second kappa shape index (κ2) is 5.32. The van der Waals surface area contributed by atoms with Crippen molar-refractivity contribution in [2.24, 2.45) is 5.73 Å². The molecule has 92 valence electrons. The minimum absolute atomic E-state index is 0.172. The summed E-state index contributed by atoms with van der Waals surface area (Å²) in [5.41, 5.74) is 7.04. The molecule has 1 aromatic carbocycles. The first-order valence-electron chi connectivity index (χ1n) is 6.25. The Hall–Kier alpha value is -1.35. The Kier molecular flexibility index (Phi) is 3.79. The molecule has 3 nitrogen and oxygen atoms in total. The first-order valence-corrected chi connectivity index (χ1v) is 6.25. The highest BCUT2D eigenvalue weighted by Crippen LogP contribution is 2.20. The van der Waals surface area contributed by atoms with Crippen LogP contribution in [0.5, 0.6) is 0 Å². The van der Waals surface area contributed by atoms with Gasteiger partial charge in [-0.15, -0.1) is 0 Å². The Morgan fingerprint density at radius 3 is 2.76 bits per heavy atom. The maximum Gasteiger partial charge on any atom is 0.223 e. The molecule has 0 radical (unpaired) electrons. The predicted octanol–water partition coefficient (Wildman–Crippen LogP) is 1.74. The minimum Gasteiger partial charge on any atom is -0.341 e. The average molecular weight is 232 g/mol. The van der Waals surface area contributed by atoms with Gasteiger partial charge in [-0.05, 0) is 17.9 Å². The summed E-state index contributed by atoms with van der Waals surface area (Å²) in [5, 5.41) is 0. The number of nitrogens with two attached hydrogens (primary N) is 1. The summed E-state index contributed by atoms with van der Waals surface area (Å²) in [5.74, 6) is 0.509. The van der Waals surface area contributed by atoms with Crippen molar-refractivity contribution >= 4 is 5.91 Å². The molecule has 1 amide bonds. The summed E-state index contributed by atoms with van der Waals surface area (Å²) in [7, 11) is 0. The number of rotatable bonds is 3. The van der Waals surface area contributed by atoms with E-state index in [-0.39, 0.29) is 17.9 Å². The highest BCUT2D eigenvalue weighted by molar-refractivity contribution is 5.77. The summed E-state index contributed by atoms with van der Waals surface area (Å²) in [6.07, 6.45) is 1.52. The Labute approximate surface area is 103 Å². The van der Waals surface area contributed by atoms with E-state index in [0.29, 0.717) is 6.42 Å². The van der Waals surface area contributed by atoms with Crippen LogP contribution in [-0.4, -0.2) is 29.9 Å². The van der Waals surface area contributed by atoms with Crippen molar-refractivity contribution in [1.82, 2.24) is 4.90 Å². The van der Waals surface area contributed by atoms with E-state index in [1.165, 1.54) is 5.56 Å². The molecule has 1 heterocycles. The first kappa shape index (κ1) is 12.1. The summed E-state index contributed by atoms with van der Waals surface area (Å²) in [6, 6.07) is 10.4. The molecule has 2 atom stereocenters. The molecule has 2 N–H and O–H groups in total. The van der Waals surface area contributed by atoms with Gasteiger partial charge in [0.1, 0.15) is 0 Å². The monoisotopic (exact) mass is 232 g/mol. The van der Waals surface area contributed by atoms with Crippen LogP contribution in [0.15, 0.2) is 30.3 Å². The molecule has 1 fully saturated rings. The number of nitrogens with zero attached hydrogens (tertiary/aromatic N) is 1. The third kappa shape index (κ3) is 3.07. The number of hydrogen-bond donors (Lipinski definition) is 1. The number of amides is 1. The summed E-state index contributed by atoms with van der Waals surface area (Å²) < 4.78 is 0. The van der Waals surface area contributed by atoms with E-state index in [0.717, 1.165) is 19.5 Å². The van der Waals surface area contributed by atoms with E-state index in [1.54, 1.807) is 0 Å². The lowest BCUT2D eigenvalue weighted by molar-refractivity contribution is -0.130. The molecule has 2 unspecified atom stereocenters. The molecule has 0 bridgehead atoms. The number of carbonyl (C=O) groups excluding carboxylic acids is 1. The molecular weight excluding hydrogens is 212 g/mol. The second-order valence-electron chi connectivity index (χ2n) is 4.90. The maximum atomic E-state index is 12.0. The Bertz CT molecular complexity index is 377. The van der Waals surface area contributed by atoms with Crippen molar-refractivity contribution in [2.45, 2.75) is 31.7 Å². The molecule has 1 aliphatic heterocycles. The van der Waals surface area contributed by atoms with Crippen LogP contribution >= 0.6 is 0 Å². The van der Waals surface area contributed by atoms with Crippen molar-refractivity contribution in [3.63, 3.8) is 0 Å². The number of likely N-dealkylation sites (tertiary alicyclic amines) is 1. The first-order chi connectivity index (χ1) is 8.16. The van der Waals surface area contributed by atoms with Crippen LogP contribution < -0.4 is 5.73 Å². The third-order valence-electron chi connectivity index (χ3n) is 3.43. The lowest BCUT2D eigenvalue weighted by Gasteiger charge is -2.18. The van der Waals surface area contributed by atoms with E-state index >= 15 is 0 Å². The third-order valence-corrected chi connectivity index (χ3v) is 3.43. The normalized spacial score (nSPS) is 21.5. The minimum atomic E-state index is 0.172. The van der Waals surface area contributed by atoms with Crippen LogP contribution in [0.1, 0.15) is 31.2 Å². The van der Waals surface area contributed by atoms with Gasteiger partial charge in [-0.1, -0.05) is 37.3 Å². The molecule has 1 saturated heterocycles. The fraction of sp³-hybridized carbons (Fsp3) is 0.500. The lowest BCUT2D eigenvalue weighted by atomic mass is 9.97. The van der Waals surface area contributed by atoms with E-state index in [2.05, 4.69) is 19.1 Å². The molecule has 0 spiro atoms. The number of benzene rings is 1. The molecule has 2 rings (SSSR count). The smallest absolute Gasteiger partial charge is 0.223 e. The molecule has 17 heavy (non-hydrogen) atoms. The molecule has 0 aromatic heterocycles. The number of carbonyl (C=O) groups is 1. The Morgan fingerprint density at radius 1 is 1.47 bits per heavy atom. The van der Waals surface area contributed by atoms with Crippen LogP contribution in [0.2, 0.25) is 0 Å². The standard InChI is InChI=1S/C14H20N2O/c1-11(12-5-3-2-4-6-12)9-14(17)16-8-7-13(15)10-16/h2-6,11,13H,7-10,15H2,1H3. The zero-order chi connectivity index (χ0) is 12.3. The van der Waals surface area contributed by atoms with Gasteiger partial charge >= 0.3 is 0 Å². The van der Waals surface area contributed by atoms with Crippen LogP contribution in [0, 0.1) is 0 Å². The van der Waals surface area contributed by atoms with Gasteiger partial charge in [-0.25, -0.2) is 0 Å². The van der Waals surface area contributed by atoms with E-state index < -0.39 is 0 Å². The van der Waals surface area contributed by atoms with E-state index in [4.69, 9.17) is 5.73 Å². The van der Waals surface area contributed by atoms with Gasteiger partial charge in [0.2, 0.25) is 5.91 Å². The summed E-state index contributed by atoms with van der Waals surface area (Å²) >= 11 is 0. The van der Waals surface area contributed by atoms with Crippen LogP contribution in [0.3, 0.4) is 0 Å². The highest BCUT2D eigenvalue weighted by atomic mass is 16.2. The van der Waals surface area contributed by atoms with Gasteiger partial charge in [-0.3, -0.25) is 4.79 Å². The fourth-order valence-corrected chi connectivity index (χ4v) is 2.30. The summed E-state index contributed by atoms with van der Waals surface area (Å²) in [6.45, 7) is 3.64. The molecule has 1 aromatic rings. The van der Waals surface area contributed by atoms with Crippen LogP contribution in [-0.2, 0) is 4.79 Å². The summed E-state index contributed by atoms with van der Waals surface area (Å²) in [4.78, 5) is 13.9. The van der Waals surface area contributed by atoms with Crippen LogP contribution in [0.4, 0.5) is 0 Å². The van der Waals surface area contributed by atoms with E-state index in [9.17, 15) is 4.79 Å². The van der Waals surface area contributed by atoms with Crippen molar-refractivity contribution in [1.29, 1.82) is 0 Å². The topological polar surface area (TPSA) is 46.3 Å². The molecule has 1 aliphatic rings. The quantitative estimate of drug-likeness (QED) is 0.863. The highest BCUT2D eigenvalue weighted by Gasteiger charge is 2.24. The van der Waals surface area contributed by atoms with Crippen LogP contribution in [0.25, 0.3) is 0 Å². The zero-order valence-electron chi connectivity index (χ0n) is 10.3. The van der Waals surface area contributed by atoms with Gasteiger partial charge in [0.15, 0.2) is 0 Å². The molecule has 3 heteroatoms. The average Bonchev–Trinajstić information content (AvgIpc) is 2.77. The fourth-order valence-electron chi connectivity index (χ4n) is 2.30. The van der Waals surface area contributed by atoms with Crippen molar-refractivity contribution < 1.29 is 4.79 Å². The van der Waals surface area contributed by atoms with Gasteiger partial charge in [0.25, 0.3) is 0 Å². The Morgan fingerprint density at radius 2 is 2.18 bits per heavy atom. The second-order valence-corrected chi connectivity index (χ2v) is 4.90. The SMILES string of the molecule is CC(CC(=O)N1CCC(N)C1)c1ccccc1. The Balaban J connectivity index is 1.91. The molecule has 0 saturated carbocycles. The van der Waals surface area contributed by atoms with Gasteiger partial charge < -0.3 is 10.6 Å². The van der Waals surface area contributed by atoms with Gasteiger partial charge in [-0.2, -0.15) is 0 Å². The van der Waals surface area contributed by atoms with Crippen molar-refractivity contribution in [3.8, 4) is 0 Å². The lowest BCUT2D eigenvalue weighted by Crippen LogP contribution is -2.32. The van der Waals surface area contributed by atoms with Gasteiger partial charge in [0.05, 0.1) is 0 Å². The largest absolute Gasteiger partial charge is 0.341 e. The molecular formula is C14H20N2O. The van der Waals surface area contributed by atoms with Gasteiger partial charge in [0, 0.05) is 25.6 Å². The van der Waals surface area contributed by atoms with Crippen molar-refractivity contribution in [3.05, 3.63) is 35.9 Å².